The zero-order chi connectivity index (χ0) is 17.4. The number of benzene rings is 1. The summed E-state index contributed by atoms with van der Waals surface area (Å²) in [4.78, 5) is 14.9. The molecule has 1 saturated heterocycles. The Kier molecular flexibility index (Phi) is 4.19. The average Bonchev–Trinajstić information content (AvgIpc) is 3.35. The van der Waals surface area contributed by atoms with Gasteiger partial charge in [-0.25, -0.2) is 4.39 Å². The lowest BCUT2D eigenvalue weighted by molar-refractivity contribution is 0.0496. The van der Waals surface area contributed by atoms with Crippen molar-refractivity contribution in [3.05, 3.63) is 47.6 Å². The fraction of sp³-hybridized carbons (Fsp3) is 0.474. The number of nitrogens with zero attached hydrogens (tertiary/aromatic N) is 2. The number of amides is 1. The number of piperidine rings is 1. The Morgan fingerprint density at radius 3 is 2.88 bits per heavy atom. The van der Waals surface area contributed by atoms with Crippen molar-refractivity contribution in [2.24, 2.45) is 5.92 Å². The van der Waals surface area contributed by atoms with Gasteiger partial charge >= 0.3 is 0 Å². The fourth-order valence-electron chi connectivity index (χ4n) is 4.05. The van der Waals surface area contributed by atoms with Gasteiger partial charge in [-0.2, -0.15) is 0 Å². The van der Waals surface area contributed by atoms with E-state index in [1.54, 1.807) is 18.2 Å². The van der Waals surface area contributed by atoms with Crippen LogP contribution in [0.5, 0.6) is 5.75 Å². The SMILES string of the molecule is CCc1cc(C(=O)N2C3CCC(C3)[C@H]2COc2ccc(F)cc2)no1. The Morgan fingerprint density at radius 1 is 1.36 bits per heavy atom. The number of carbonyl (C=O) groups is 1. The molecule has 0 N–H and O–H groups in total. The van der Waals surface area contributed by atoms with Crippen molar-refractivity contribution < 1.29 is 18.4 Å². The van der Waals surface area contributed by atoms with E-state index in [1.165, 1.54) is 12.1 Å². The van der Waals surface area contributed by atoms with Gasteiger partial charge in [0.2, 0.25) is 0 Å². The molecule has 2 fully saturated rings. The van der Waals surface area contributed by atoms with E-state index in [0.717, 1.165) is 19.3 Å². The molecule has 2 aliphatic rings. The number of aromatic nitrogens is 1. The maximum atomic E-state index is 13.0. The van der Waals surface area contributed by atoms with E-state index in [0.29, 0.717) is 36.1 Å². The number of ether oxygens (including phenoxy) is 1. The number of fused-ring (bicyclic) bond motifs is 2. The number of carbonyl (C=O) groups excluding carboxylic acids is 1. The number of hydrogen-bond acceptors (Lipinski definition) is 4. The summed E-state index contributed by atoms with van der Waals surface area (Å²) in [5.74, 6) is 1.41. The average molecular weight is 344 g/mol. The summed E-state index contributed by atoms with van der Waals surface area (Å²) < 4.78 is 24.0. The molecule has 0 radical (unpaired) electrons. The Morgan fingerprint density at radius 2 is 2.16 bits per heavy atom. The summed E-state index contributed by atoms with van der Waals surface area (Å²) >= 11 is 0. The molecule has 4 rings (SSSR count). The first-order chi connectivity index (χ1) is 12.2. The van der Waals surface area contributed by atoms with Crippen LogP contribution < -0.4 is 4.74 Å². The number of aryl methyl sites for hydroxylation is 1. The summed E-state index contributed by atoms with van der Waals surface area (Å²) in [5.41, 5.74) is 0.371. The Hall–Kier alpha value is -2.37. The zero-order valence-electron chi connectivity index (χ0n) is 14.2. The predicted octanol–water partition coefficient (Wildman–Crippen LogP) is 3.45. The van der Waals surface area contributed by atoms with Crippen LogP contribution in [0.1, 0.15) is 42.4 Å². The highest BCUT2D eigenvalue weighted by Crippen LogP contribution is 2.43. The maximum absolute atomic E-state index is 13.0. The first-order valence-corrected chi connectivity index (χ1v) is 8.82. The van der Waals surface area contributed by atoms with Crippen molar-refractivity contribution in [3.63, 3.8) is 0 Å². The first kappa shape index (κ1) is 16.1. The highest BCUT2D eigenvalue weighted by Gasteiger charge is 2.49. The lowest BCUT2D eigenvalue weighted by atomic mass is 9.99. The highest BCUT2D eigenvalue weighted by molar-refractivity contribution is 5.93. The molecule has 5 nitrogen and oxygen atoms in total. The normalized spacial score (nSPS) is 24.7. The van der Waals surface area contributed by atoms with Gasteiger partial charge in [-0.3, -0.25) is 4.79 Å². The molecule has 1 saturated carbocycles. The van der Waals surface area contributed by atoms with E-state index in [2.05, 4.69) is 5.16 Å². The first-order valence-electron chi connectivity index (χ1n) is 8.82. The standard InChI is InChI=1S/C19H21FN2O3/c1-2-15-10-17(21-25-15)19(23)22-14-6-3-12(9-14)18(22)11-24-16-7-4-13(20)5-8-16/h4-5,7-8,10,12,14,18H,2-3,6,9,11H2,1H3/t12?,14?,18-/m1/s1. The summed E-state index contributed by atoms with van der Waals surface area (Å²) in [6.07, 6.45) is 3.87. The van der Waals surface area contributed by atoms with Crippen LogP contribution in [-0.2, 0) is 6.42 Å². The van der Waals surface area contributed by atoms with E-state index < -0.39 is 0 Å². The Balaban J connectivity index is 1.49. The van der Waals surface area contributed by atoms with Gasteiger partial charge in [0.1, 0.15) is 23.9 Å². The summed E-state index contributed by atoms with van der Waals surface area (Å²) in [6.45, 7) is 2.38. The van der Waals surface area contributed by atoms with E-state index in [4.69, 9.17) is 9.26 Å². The molecule has 1 aliphatic heterocycles. The molecule has 1 amide bonds. The molecule has 2 bridgehead atoms. The number of hydrogen-bond donors (Lipinski definition) is 0. The molecule has 2 aromatic rings. The molecule has 0 spiro atoms. The van der Waals surface area contributed by atoms with Gasteiger partial charge in [-0.1, -0.05) is 12.1 Å². The van der Waals surface area contributed by atoms with Crippen molar-refractivity contribution in [1.29, 1.82) is 0 Å². The number of halogens is 1. The van der Waals surface area contributed by atoms with Gasteiger partial charge in [0.15, 0.2) is 5.69 Å². The van der Waals surface area contributed by atoms with Crippen LogP contribution in [0.25, 0.3) is 0 Å². The van der Waals surface area contributed by atoms with Crippen molar-refractivity contribution in [2.45, 2.75) is 44.7 Å². The molecule has 1 aromatic heterocycles. The molecule has 3 atom stereocenters. The summed E-state index contributed by atoms with van der Waals surface area (Å²) in [5, 5.41) is 3.93. The van der Waals surface area contributed by atoms with Crippen LogP contribution in [-0.4, -0.2) is 34.7 Å². The molecule has 1 aromatic carbocycles. The lowest BCUT2D eigenvalue weighted by Gasteiger charge is -2.34. The highest BCUT2D eigenvalue weighted by atomic mass is 19.1. The van der Waals surface area contributed by atoms with Crippen LogP contribution in [0.3, 0.4) is 0 Å². The van der Waals surface area contributed by atoms with Crippen LogP contribution in [0.2, 0.25) is 0 Å². The third-order valence-electron chi connectivity index (χ3n) is 5.34. The molecular weight excluding hydrogens is 323 g/mol. The van der Waals surface area contributed by atoms with Crippen LogP contribution in [0.4, 0.5) is 4.39 Å². The topological polar surface area (TPSA) is 55.6 Å². The van der Waals surface area contributed by atoms with Crippen molar-refractivity contribution in [2.75, 3.05) is 6.61 Å². The zero-order valence-corrected chi connectivity index (χ0v) is 14.2. The second kappa shape index (κ2) is 6.50. The van der Waals surface area contributed by atoms with Gasteiger partial charge in [-0.15, -0.1) is 0 Å². The largest absolute Gasteiger partial charge is 0.491 e. The van der Waals surface area contributed by atoms with Gasteiger partial charge in [-0.05, 0) is 49.4 Å². The molecular formula is C19H21FN2O3. The van der Waals surface area contributed by atoms with Gasteiger partial charge in [0.25, 0.3) is 5.91 Å². The second-order valence-electron chi connectivity index (χ2n) is 6.80. The summed E-state index contributed by atoms with van der Waals surface area (Å²) in [6, 6.07) is 7.98. The number of rotatable bonds is 5. The molecule has 132 valence electrons. The molecule has 6 heteroatoms. The fourth-order valence-corrected chi connectivity index (χ4v) is 4.05. The Labute approximate surface area is 145 Å². The summed E-state index contributed by atoms with van der Waals surface area (Å²) in [7, 11) is 0. The third-order valence-corrected chi connectivity index (χ3v) is 5.34. The van der Waals surface area contributed by atoms with Crippen molar-refractivity contribution in [3.8, 4) is 5.75 Å². The number of likely N-dealkylation sites (tertiary alicyclic amines) is 1. The maximum Gasteiger partial charge on any atom is 0.276 e. The Bertz CT molecular complexity index is 758. The molecule has 1 aliphatic carbocycles. The van der Waals surface area contributed by atoms with E-state index in [9.17, 15) is 9.18 Å². The van der Waals surface area contributed by atoms with Crippen molar-refractivity contribution >= 4 is 5.91 Å². The van der Waals surface area contributed by atoms with Crippen LogP contribution in [0, 0.1) is 11.7 Å². The molecule has 2 heterocycles. The van der Waals surface area contributed by atoms with Gasteiger partial charge in [0, 0.05) is 18.5 Å². The minimum atomic E-state index is -0.290. The van der Waals surface area contributed by atoms with Gasteiger partial charge < -0.3 is 14.2 Å². The van der Waals surface area contributed by atoms with Gasteiger partial charge in [0.05, 0.1) is 6.04 Å². The monoisotopic (exact) mass is 344 g/mol. The third kappa shape index (κ3) is 3.01. The second-order valence-corrected chi connectivity index (χ2v) is 6.80. The minimum Gasteiger partial charge on any atom is -0.491 e. The van der Waals surface area contributed by atoms with E-state index in [1.807, 2.05) is 11.8 Å². The lowest BCUT2D eigenvalue weighted by Crippen LogP contribution is -2.47. The molecule has 25 heavy (non-hydrogen) atoms. The predicted molar refractivity (Wildman–Crippen MR) is 88.9 cm³/mol. The van der Waals surface area contributed by atoms with E-state index in [-0.39, 0.29) is 23.8 Å². The van der Waals surface area contributed by atoms with Crippen LogP contribution >= 0.6 is 0 Å². The van der Waals surface area contributed by atoms with E-state index >= 15 is 0 Å². The molecule has 2 unspecified atom stereocenters. The van der Waals surface area contributed by atoms with Crippen molar-refractivity contribution in [1.82, 2.24) is 10.1 Å². The smallest absolute Gasteiger partial charge is 0.276 e. The minimum absolute atomic E-state index is 0.0260. The quantitative estimate of drug-likeness (QED) is 0.834. The van der Waals surface area contributed by atoms with Crippen LogP contribution in [0.15, 0.2) is 34.9 Å².